The molecule has 2 fully saturated rings. The molecule has 0 spiro atoms. The topological polar surface area (TPSA) is 75.7 Å². The fourth-order valence-corrected chi connectivity index (χ4v) is 4.49. The van der Waals surface area contributed by atoms with Crippen molar-refractivity contribution in [1.82, 2.24) is 10.2 Å². The minimum atomic E-state index is -0.546. The molecule has 1 aliphatic heterocycles. The third-order valence-electron chi connectivity index (χ3n) is 5.49. The van der Waals surface area contributed by atoms with Crippen LogP contribution < -0.4 is 5.32 Å². The van der Waals surface area contributed by atoms with E-state index in [1.54, 1.807) is 0 Å². The molecule has 0 radical (unpaired) electrons. The standard InChI is InChI=1S/C12H21NO.C11H21NO3S/c14-12(13-8-4-5-9-13)10-11-6-2-1-3-7-11;1-11(2,3)6-9(13)12-8(7-16-5)10(14)15-4/h11H,1-10H2;8H,6-7H2,1-5H3,(H,12,13). The van der Waals surface area contributed by atoms with E-state index in [2.05, 4.69) is 15.0 Å². The normalized spacial score (nSPS) is 18.2. The molecule has 1 N–H and O–H groups in total. The second kappa shape index (κ2) is 13.9. The molecule has 2 aliphatic rings. The molecule has 0 aromatic heterocycles. The Labute approximate surface area is 187 Å². The summed E-state index contributed by atoms with van der Waals surface area (Å²) in [5, 5.41) is 2.69. The maximum Gasteiger partial charge on any atom is 0.329 e. The summed E-state index contributed by atoms with van der Waals surface area (Å²) in [6.45, 7) is 7.98. The summed E-state index contributed by atoms with van der Waals surface area (Å²) in [5.41, 5.74) is -0.0793. The highest BCUT2D eigenvalue weighted by Crippen LogP contribution is 2.27. The molecule has 30 heavy (non-hydrogen) atoms. The molecule has 1 saturated carbocycles. The van der Waals surface area contributed by atoms with Crippen molar-refractivity contribution in [1.29, 1.82) is 0 Å². The molecule has 0 aromatic rings. The van der Waals surface area contributed by atoms with Gasteiger partial charge in [-0.2, -0.15) is 11.8 Å². The summed E-state index contributed by atoms with van der Waals surface area (Å²) in [5.74, 6) is 1.16. The Morgan fingerprint density at radius 1 is 1.07 bits per heavy atom. The van der Waals surface area contributed by atoms with Crippen LogP contribution in [0.4, 0.5) is 0 Å². The van der Waals surface area contributed by atoms with Crippen LogP contribution >= 0.6 is 11.8 Å². The van der Waals surface area contributed by atoms with Gasteiger partial charge in [0.05, 0.1) is 7.11 Å². The molecule has 1 aliphatic carbocycles. The van der Waals surface area contributed by atoms with Crippen molar-refractivity contribution >= 4 is 29.5 Å². The number of hydrogen-bond donors (Lipinski definition) is 1. The second-order valence-electron chi connectivity index (χ2n) is 9.63. The average Bonchev–Trinajstić information content (AvgIpc) is 3.22. The van der Waals surface area contributed by atoms with Crippen LogP contribution in [0.25, 0.3) is 0 Å². The molecule has 0 bridgehead atoms. The highest BCUT2D eigenvalue weighted by molar-refractivity contribution is 7.98. The molecule has 1 saturated heterocycles. The number of nitrogens with one attached hydrogen (secondary N) is 1. The van der Waals surface area contributed by atoms with Crippen molar-refractivity contribution in [2.24, 2.45) is 11.3 Å². The van der Waals surface area contributed by atoms with Crippen LogP contribution in [0.5, 0.6) is 0 Å². The van der Waals surface area contributed by atoms with Crippen molar-refractivity contribution in [2.45, 2.75) is 84.6 Å². The fourth-order valence-electron chi connectivity index (χ4n) is 3.94. The number of rotatable bonds is 7. The molecule has 7 heteroatoms. The molecule has 1 atom stereocenters. The molecule has 2 amide bonds. The predicted molar refractivity (Wildman–Crippen MR) is 123 cm³/mol. The summed E-state index contributed by atoms with van der Waals surface area (Å²) >= 11 is 1.50. The Hall–Kier alpha value is -1.24. The monoisotopic (exact) mass is 442 g/mol. The van der Waals surface area contributed by atoms with Crippen LogP contribution in [-0.2, 0) is 19.1 Å². The van der Waals surface area contributed by atoms with Gasteiger partial charge in [0.25, 0.3) is 0 Å². The number of thioether (sulfide) groups is 1. The van der Waals surface area contributed by atoms with E-state index in [4.69, 9.17) is 0 Å². The summed E-state index contributed by atoms with van der Waals surface area (Å²) in [7, 11) is 1.32. The minimum Gasteiger partial charge on any atom is -0.467 e. The number of hydrogen-bond acceptors (Lipinski definition) is 5. The highest BCUT2D eigenvalue weighted by atomic mass is 32.2. The van der Waals surface area contributed by atoms with Crippen molar-refractivity contribution in [3.8, 4) is 0 Å². The Kier molecular flexibility index (Phi) is 12.5. The summed E-state index contributed by atoms with van der Waals surface area (Å²) in [4.78, 5) is 36.9. The third-order valence-corrected chi connectivity index (χ3v) is 6.16. The van der Waals surface area contributed by atoms with Gasteiger partial charge in [-0.1, -0.05) is 40.0 Å². The van der Waals surface area contributed by atoms with Gasteiger partial charge in [-0.05, 0) is 43.3 Å². The maximum atomic E-state index is 11.8. The van der Waals surface area contributed by atoms with Gasteiger partial charge >= 0.3 is 5.97 Å². The third kappa shape index (κ3) is 11.2. The Morgan fingerprint density at radius 3 is 2.17 bits per heavy atom. The van der Waals surface area contributed by atoms with Crippen molar-refractivity contribution < 1.29 is 19.1 Å². The molecule has 1 unspecified atom stereocenters. The van der Waals surface area contributed by atoms with E-state index < -0.39 is 12.0 Å². The zero-order valence-electron chi connectivity index (χ0n) is 19.6. The Balaban J connectivity index is 0.000000301. The molecule has 6 nitrogen and oxygen atoms in total. The number of esters is 1. The van der Waals surface area contributed by atoms with E-state index in [1.165, 1.54) is 63.8 Å². The smallest absolute Gasteiger partial charge is 0.329 e. The van der Waals surface area contributed by atoms with Crippen LogP contribution in [-0.4, -0.2) is 60.9 Å². The quantitative estimate of drug-likeness (QED) is 0.603. The van der Waals surface area contributed by atoms with Crippen molar-refractivity contribution in [3.05, 3.63) is 0 Å². The first-order chi connectivity index (χ1) is 14.2. The number of methoxy groups -OCH3 is 1. The van der Waals surface area contributed by atoms with Crippen molar-refractivity contribution in [2.75, 3.05) is 32.2 Å². The first-order valence-electron chi connectivity index (χ1n) is 11.3. The molecule has 2 rings (SSSR count). The van der Waals surface area contributed by atoms with Gasteiger partial charge in [0.15, 0.2) is 0 Å². The van der Waals surface area contributed by atoms with Crippen molar-refractivity contribution in [3.63, 3.8) is 0 Å². The lowest BCUT2D eigenvalue weighted by Crippen LogP contribution is -2.44. The molecule has 174 valence electrons. The van der Waals surface area contributed by atoms with Gasteiger partial charge in [0.2, 0.25) is 11.8 Å². The van der Waals surface area contributed by atoms with Gasteiger partial charge in [-0.25, -0.2) is 4.79 Å². The second-order valence-corrected chi connectivity index (χ2v) is 10.5. The summed E-state index contributed by atoms with van der Waals surface area (Å²) < 4.78 is 4.63. The largest absolute Gasteiger partial charge is 0.467 e. The fraction of sp³-hybridized carbons (Fsp3) is 0.870. The zero-order chi connectivity index (χ0) is 22.6. The molecule has 0 aromatic carbocycles. The van der Waals surface area contributed by atoms with Crippen LogP contribution in [0, 0.1) is 11.3 Å². The van der Waals surface area contributed by atoms with Gasteiger partial charge < -0.3 is 15.0 Å². The number of carbonyl (C=O) groups is 3. The number of nitrogens with zero attached hydrogens (tertiary/aromatic N) is 1. The lowest BCUT2D eigenvalue weighted by atomic mass is 9.87. The summed E-state index contributed by atoms with van der Waals surface area (Å²) in [6, 6.07) is -0.546. The SMILES string of the molecule is COC(=O)C(CSC)NC(=O)CC(C)(C)C.O=C(CC1CCCCC1)N1CCCC1. The summed E-state index contributed by atoms with van der Waals surface area (Å²) in [6.07, 6.45) is 12.2. The van der Waals surface area contributed by atoms with Crippen LogP contribution in [0.1, 0.15) is 78.6 Å². The number of likely N-dealkylation sites (tertiary alicyclic amines) is 1. The zero-order valence-corrected chi connectivity index (χ0v) is 20.4. The molecular formula is C23H42N2O4S. The van der Waals surface area contributed by atoms with Crippen LogP contribution in [0.2, 0.25) is 0 Å². The first kappa shape index (κ1) is 26.8. The van der Waals surface area contributed by atoms with E-state index in [0.717, 1.165) is 19.5 Å². The highest BCUT2D eigenvalue weighted by Gasteiger charge is 2.24. The molecular weight excluding hydrogens is 400 g/mol. The van der Waals surface area contributed by atoms with E-state index in [-0.39, 0.29) is 11.3 Å². The van der Waals surface area contributed by atoms with Crippen LogP contribution in [0.15, 0.2) is 0 Å². The van der Waals surface area contributed by atoms with Gasteiger partial charge in [-0.3, -0.25) is 9.59 Å². The van der Waals surface area contributed by atoms with E-state index in [0.29, 0.717) is 24.0 Å². The van der Waals surface area contributed by atoms with E-state index in [1.807, 2.05) is 27.0 Å². The minimum absolute atomic E-state index is 0.0793. The number of amides is 2. The number of carbonyl (C=O) groups excluding carboxylic acids is 3. The van der Waals surface area contributed by atoms with Gasteiger partial charge in [-0.15, -0.1) is 0 Å². The predicted octanol–water partition coefficient (Wildman–Crippen LogP) is 4.02. The lowest BCUT2D eigenvalue weighted by molar-refractivity contribution is -0.144. The molecule has 1 heterocycles. The van der Waals surface area contributed by atoms with Gasteiger partial charge in [0.1, 0.15) is 6.04 Å². The Morgan fingerprint density at radius 2 is 1.67 bits per heavy atom. The Bertz CT molecular complexity index is 536. The lowest BCUT2D eigenvalue weighted by Gasteiger charge is -2.23. The number of ether oxygens (including phenoxy) is 1. The average molecular weight is 443 g/mol. The maximum absolute atomic E-state index is 11.8. The van der Waals surface area contributed by atoms with Gasteiger partial charge in [0, 0.05) is 31.7 Å². The van der Waals surface area contributed by atoms with Crippen LogP contribution in [0.3, 0.4) is 0 Å². The van der Waals surface area contributed by atoms with E-state index in [9.17, 15) is 14.4 Å². The van der Waals surface area contributed by atoms with E-state index >= 15 is 0 Å². The first-order valence-corrected chi connectivity index (χ1v) is 12.7.